The lowest BCUT2D eigenvalue weighted by atomic mass is 10.0. The number of halogens is 1. The second-order valence-corrected chi connectivity index (χ2v) is 6.66. The molecule has 1 saturated heterocycles. The molecule has 0 aromatic heterocycles. The van der Waals surface area contributed by atoms with Crippen LogP contribution in [-0.2, 0) is 9.59 Å². The van der Waals surface area contributed by atoms with Crippen molar-refractivity contribution in [2.75, 3.05) is 13.1 Å². The van der Waals surface area contributed by atoms with E-state index < -0.39 is 0 Å². The molecule has 1 aromatic rings. The van der Waals surface area contributed by atoms with E-state index in [1.807, 2.05) is 18.2 Å². The molecule has 23 heavy (non-hydrogen) atoms. The molecule has 5 nitrogen and oxygen atoms in total. The molecule has 0 spiro atoms. The van der Waals surface area contributed by atoms with Gasteiger partial charge in [-0.15, -0.1) is 0 Å². The molecular weight excluding hydrogens is 360 g/mol. The normalized spacial score (nSPS) is 15.3. The highest BCUT2D eigenvalue weighted by Crippen LogP contribution is 2.17. The standard InChI is InChI=1S/C17H21BrN2O3/c1-12(21)6-7-16(22)20-10-8-13(9-11-20)19-17(23)14-4-2-3-5-15(14)18/h2-5,13H,6-11H2,1H3,(H,19,23). The van der Waals surface area contributed by atoms with Crippen molar-refractivity contribution in [3.63, 3.8) is 0 Å². The molecule has 2 rings (SSSR count). The highest BCUT2D eigenvalue weighted by Gasteiger charge is 2.24. The van der Waals surface area contributed by atoms with Crippen LogP contribution in [0.15, 0.2) is 28.7 Å². The van der Waals surface area contributed by atoms with Crippen LogP contribution < -0.4 is 5.32 Å². The van der Waals surface area contributed by atoms with Crippen molar-refractivity contribution < 1.29 is 14.4 Å². The average Bonchev–Trinajstić information content (AvgIpc) is 2.53. The Bertz CT molecular complexity index is 595. The Labute approximate surface area is 144 Å². The Morgan fingerprint density at radius 1 is 1.17 bits per heavy atom. The van der Waals surface area contributed by atoms with Gasteiger partial charge in [-0.1, -0.05) is 12.1 Å². The predicted octanol–water partition coefficient (Wildman–Crippen LogP) is 2.54. The first kappa shape index (κ1) is 17.7. The molecule has 0 atom stereocenters. The number of hydrogen-bond donors (Lipinski definition) is 1. The van der Waals surface area contributed by atoms with Gasteiger partial charge >= 0.3 is 0 Å². The average molecular weight is 381 g/mol. The lowest BCUT2D eigenvalue weighted by molar-refractivity contribution is -0.133. The van der Waals surface area contributed by atoms with Crippen LogP contribution in [0, 0.1) is 0 Å². The zero-order chi connectivity index (χ0) is 16.8. The molecule has 0 unspecified atom stereocenters. The van der Waals surface area contributed by atoms with Crippen molar-refractivity contribution in [1.82, 2.24) is 10.2 Å². The predicted molar refractivity (Wildman–Crippen MR) is 91.1 cm³/mol. The van der Waals surface area contributed by atoms with E-state index in [1.54, 1.807) is 11.0 Å². The van der Waals surface area contributed by atoms with Crippen molar-refractivity contribution in [3.8, 4) is 0 Å². The van der Waals surface area contributed by atoms with Crippen LogP contribution in [0.1, 0.15) is 43.0 Å². The van der Waals surface area contributed by atoms with Gasteiger partial charge in [-0.25, -0.2) is 0 Å². The van der Waals surface area contributed by atoms with Crippen molar-refractivity contribution in [2.45, 2.75) is 38.6 Å². The molecule has 1 aliphatic rings. The molecule has 0 bridgehead atoms. The zero-order valence-electron chi connectivity index (χ0n) is 13.2. The number of amides is 2. The fourth-order valence-corrected chi connectivity index (χ4v) is 3.09. The van der Waals surface area contributed by atoms with E-state index in [1.165, 1.54) is 6.92 Å². The summed E-state index contributed by atoms with van der Waals surface area (Å²) in [5.41, 5.74) is 0.618. The third-order valence-electron chi connectivity index (χ3n) is 3.99. The summed E-state index contributed by atoms with van der Waals surface area (Å²) in [5, 5.41) is 3.02. The van der Waals surface area contributed by atoms with Gasteiger partial charge in [0.1, 0.15) is 5.78 Å². The number of benzene rings is 1. The van der Waals surface area contributed by atoms with Crippen molar-refractivity contribution in [3.05, 3.63) is 34.3 Å². The summed E-state index contributed by atoms with van der Waals surface area (Å²) in [7, 11) is 0. The number of carbonyl (C=O) groups is 3. The van der Waals surface area contributed by atoms with Gasteiger partial charge in [-0.2, -0.15) is 0 Å². The first-order valence-corrected chi connectivity index (χ1v) is 8.59. The summed E-state index contributed by atoms with van der Waals surface area (Å²) < 4.78 is 0.773. The highest BCUT2D eigenvalue weighted by molar-refractivity contribution is 9.10. The third kappa shape index (κ3) is 5.16. The lowest BCUT2D eigenvalue weighted by Crippen LogP contribution is -2.46. The Balaban J connectivity index is 1.81. The van der Waals surface area contributed by atoms with E-state index in [0.29, 0.717) is 25.1 Å². The number of hydrogen-bond acceptors (Lipinski definition) is 3. The fraction of sp³-hybridized carbons (Fsp3) is 0.471. The van der Waals surface area contributed by atoms with E-state index in [-0.39, 0.29) is 30.1 Å². The Hall–Kier alpha value is -1.69. The summed E-state index contributed by atoms with van der Waals surface area (Å²) in [6, 6.07) is 7.39. The van der Waals surface area contributed by atoms with Crippen LogP contribution in [-0.4, -0.2) is 41.6 Å². The second-order valence-electron chi connectivity index (χ2n) is 5.81. The van der Waals surface area contributed by atoms with Crippen LogP contribution >= 0.6 is 15.9 Å². The third-order valence-corrected chi connectivity index (χ3v) is 4.68. The molecule has 1 aliphatic heterocycles. The van der Waals surface area contributed by atoms with E-state index >= 15 is 0 Å². The number of nitrogens with zero attached hydrogens (tertiary/aromatic N) is 1. The van der Waals surface area contributed by atoms with Crippen LogP contribution in [0.5, 0.6) is 0 Å². The van der Waals surface area contributed by atoms with Crippen LogP contribution in [0.25, 0.3) is 0 Å². The summed E-state index contributed by atoms with van der Waals surface area (Å²) in [4.78, 5) is 37.0. The minimum atomic E-state index is -0.0983. The fourth-order valence-electron chi connectivity index (χ4n) is 2.62. The number of ketones is 1. The van der Waals surface area contributed by atoms with Gasteiger partial charge in [-0.05, 0) is 47.8 Å². The molecule has 2 amide bonds. The second kappa shape index (κ2) is 8.24. The highest BCUT2D eigenvalue weighted by atomic mass is 79.9. The first-order chi connectivity index (χ1) is 11.0. The molecule has 0 aliphatic carbocycles. The number of rotatable bonds is 5. The van der Waals surface area contributed by atoms with Crippen LogP contribution in [0.4, 0.5) is 0 Å². The van der Waals surface area contributed by atoms with Crippen molar-refractivity contribution >= 4 is 33.5 Å². The number of carbonyl (C=O) groups excluding carboxylic acids is 3. The number of Topliss-reactive ketones (excluding diaryl/α,β-unsaturated/α-hetero) is 1. The number of nitrogens with one attached hydrogen (secondary N) is 1. The van der Waals surface area contributed by atoms with Crippen LogP contribution in [0.3, 0.4) is 0 Å². The molecule has 1 aromatic carbocycles. The maximum Gasteiger partial charge on any atom is 0.252 e. The smallest absolute Gasteiger partial charge is 0.252 e. The van der Waals surface area contributed by atoms with Crippen molar-refractivity contribution in [2.24, 2.45) is 0 Å². The minimum Gasteiger partial charge on any atom is -0.349 e. The molecule has 0 saturated carbocycles. The molecule has 124 valence electrons. The van der Waals surface area contributed by atoms with Gasteiger partial charge in [0.15, 0.2) is 0 Å². The van der Waals surface area contributed by atoms with Gasteiger partial charge < -0.3 is 15.0 Å². The van der Waals surface area contributed by atoms with Crippen molar-refractivity contribution in [1.29, 1.82) is 0 Å². The Morgan fingerprint density at radius 3 is 2.43 bits per heavy atom. The van der Waals surface area contributed by atoms with Gasteiger partial charge in [0, 0.05) is 36.4 Å². The Kier molecular flexibility index (Phi) is 6.33. The summed E-state index contributed by atoms with van der Waals surface area (Å²) in [6.45, 7) is 2.74. The molecular formula is C17H21BrN2O3. The van der Waals surface area contributed by atoms with Gasteiger partial charge in [0.2, 0.25) is 5.91 Å². The summed E-state index contributed by atoms with van der Waals surface area (Å²) in [5.74, 6) is -0.0384. The number of likely N-dealkylation sites (tertiary alicyclic amines) is 1. The molecule has 1 heterocycles. The van der Waals surface area contributed by atoms with E-state index in [9.17, 15) is 14.4 Å². The molecule has 1 fully saturated rings. The van der Waals surface area contributed by atoms with Gasteiger partial charge in [0.05, 0.1) is 5.56 Å². The van der Waals surface area contributed by atoms with Gasteiger partial charge in [-0.3, -0.25) is 9.59 Å². The summed E-state index contributed by atoms with van der Waals surface area (Å²) in [6.07, 6.45) is 2.06. The summed E-state index contributed by atoms with van der Waals surface area (Å²) >= 11 is 3.38. The van der Waals surface area contributed by atoms with Crippen LogP contribution in [0.2, 0.25) is 0 Å². The maximum absolute atomic E-state index is 12.3. The molecule has 6 heteroatoms. The molecule has 0 radical (unpaired) electrons. The lowest BCUT2D eigenvalue weighted by Gasteiger charge is -2.32. The van der Waals surface area contributed by atoms with Gasteiger partial charge in [0.25, 0.3) is 5.91 Å². The van der Waals surface area contributed by atoms with E-state index in [4.69, 9.17) is 0 Å². The maximum atomic E-state index is 12.3. The Morgan fingerprint density at radius 2 is 1.83 bits per heavy atom. The largest absolute Gasteiger partial charge is 0.349 e. The minimum absolute atomic E-state index is 0.0239. The monoisotopic (exact) mass is 380 g/mol. The van der Waals surface area contributed by atoms with E-state index in [2.05, 4.69) is 21.2 Å². The molecule has 1 N–H and O–H groups in total. The van der Waals surface area contributed by atoms with E-state index in [0.717, 1.165) is 17.3 Å². The zero-order valence-corrected chi connectivity index (χ0v) is 14.8. The SMILES string of the molecule is CC(=O)CCC(=O)N1CCC(NC(=O)c2ccccc2Br)CC1. The first-order valence-electron chi connectivity index (χ1n) is 7.80. The quantitative estimate of drug-likeness (QED) is 0.853. The topological polar surface area (TPSA) is 66.5 Å². The number of piperidine rings is 1.